The second-order valence-corrected chi connectivity index (χ2v) is 7.90. The van der Waals surface area contributed by atoms with Gasteiger partial charge in [0.25, 0.3) is 0 Å². The van der Waals surface area contributed by atoms with E-state index in [0.717, 1.165) is 12.0 Å². The van der Waals surface area contributed by atoms with E-state index >= 15 is 0 Å². The van der Waals surface area contributed by atoms with Crippen LogP contribution in [0, 0.1) is 5.92 Å². The Kier molecular flexibility index (Phi) is 6.77. The molecule has 7 heteroatoms. The number of hydrogen-bond donors (Lipinski definition) is 1. The number of methoxy groups -OCH3 is 1. The van der Waals surface area contributed by atoms with Crippen molar-refractivity contribution >= 4 is 15.9 Å². The number of sulfonamides is 1. The van der Waals surface area contributed by atoms with Crippen LogP contribution in [-0.4, -0.2) is 52.0 Å². The minimum atomic E-state index is -3.48. The molecule has 0 saturated carbocycles. The van der Waals surface area contributed by atoms with Gasteiger partial charge in [-0.2, -0.15) is 4.31 Å². The molecule has 0 unspecified atom stereocenters. The largest absolute Gasteiger partial charge is 0.383 e. The molecule has 1 heterocycles. The molecule has 1 aliphatic rings. The number of amides is 1. The fraction of sp³-hybridized carbons (Fsp3) is 0.588. The Morgan fingerprint density at radius 1 is 1.25 bits per heavy atom. The molecule has 1 saturated heterocycles. The zero-order valence-electron chi connectivity index (χ0n) is 14.3. The Labute approximate surface area is 144 Å². The molecule has 1 amide bonds. The van der Waals surface area contributed by atoms with E-state index in [1.54, 1.807) is 19.2 Å². The zero-order valence-corrected chi connectivity index (χ0v) is 15.1. The summed E-state index contributed by atoms with van der Waals surface area (Å²) < 4.78 is 31.7. The van der Waals surface area contributed by atoms with Gasteiger partial charge in [0.2, 0.25) is 15.9 Å². The molecule has 1 aromatic carbocycles. The van der Waals surface area contributed by atoms with Gasteiger partial charge in [0.1, 0.15) is 0 Å². The van der Waals surface area contributed by atoms with Crippen LogP contribution in [-0.2, 0) is 26.0 Å². The lowest BCUT2D eigenvalue weighted by Crippen LogP contribution is -2.43. The van der Waals surface area contributed by atoms with Crippen LogP contribution in [0.1, 0.15) is 25.3 Å². The molecule has 24 heavy (non-hydrogen) atoms. The first-order chi connectivity index (χ1) is 11.5. The summed E-state index contributed by atoms with van der Waals surface area (Å²) >= 11 is 0. The Morgan fingerprint density at radius 2 is 1.88 bits per heavy atom. The fourth-order valence-electron chi connectivity index (χ4n) is 2.83. The molecule has 0 radical (unpaired) electrons. The Bertz CT molecular complexity index is 635. The molecule has 134 valence electrons. The third-order valence-electron chi connectivity index (χ3n) is 4.40. The fourth-order valence-corrected chi connectivity index (χ4v) is 4.29. The number of ether oxygens (including phenoxy) is 1. The summed E-state index contributed by atoms with van der Waals surface area (Å²) in [5, 5.41) is 2.82. The van der Waals surface area contributed by atoms with E-state index < -0.39 is 10.0 Å². The van der Waals surface area contributed by atoms with Crippen molar-refractivity contribution in [2.24, 2.45) is 5.92 Å². The highest BCUT2D eigenvalue weighted by Crippen LogP contribution is 2.24. The topological polar surface area (TPSA) is 75.7 Å². The molecule has 0 atom stereocenters. The van der Waals surface area contributed by atoms with Crippen molar-refractivity contribution in [1.82, 2.24) is 9.62 Å². The van der Waals surface area contributed by atoms with Gasteiger partial charge in [-0.15, -0.1) is 0 Å². The third kappa shape index (κ3) is 4.55. The summed E-state index contributed by atoms with van der Waals surface area (Å²) in [6, 6.07) is 7.03. The zero-order chi connectivity index (χ0) is 17.6. The number of nitrogens with zero attached hydrogens (tertiary/aromatic N) is 1. The number of aryl methyl sites for hydroxylation is 1. The number of rotatable bonds is 7. The van der Waals surface area contributed by atoms with Crippen LogP contribution in [0.4, 0.5) is 0 Å². The quantitative estimate of drug-likeness (QED) is 0.751. The summed E-state index contributed by atoms with van der Waals surface area (Å²) in [5.74, 6) is -0.146. The van der Waals surface area contributed by atoms with Crippen LogP contribution in [0.25, 0.3) is 0 Å². The number of carbonyl (C=O) groups is 1. The maximum atomic E-state index is 12.7. The predicted octanol–water partition coefficient (Wildman–Crippen LogP) is 1.41. The van der Waals surface area contributed by atoms with Gasteiger partial charge in [0, 0.05) is 32.7 Å². The third-order valence-corrected chi connectivity index (χ3v) is 6.31. The number of nitrogens with one attached hydrogen (secondary N) is 1. The Hall–Kier alpha value is -1.44. The number of piperidine rings is 1. The smallest absolute Gasteiger partial charge is 0.243 e. The number of hydrogen-bond acceptors (Lipinski definition) is 4. The van der Waals surface area contributed by atoms with Crippen molar-refractivity contribution < 1.29 is 17.9 Å². The van der Waals surface area contributed by atoms with Gasteiger partial charge in [0.05, 0.1) is 11.5 Å². The summed E-state index contributed by atoms with van der Waals surface area (Å²) in [4.78, 5) is 12.4. The van der Waals surface area contributed by atoms with Crippen molar-refractivity contribution in [2.45, 2.75) is 31.1 Å². The summed E-state index contributed by atoms with van der Waals surface area (Å²) in [5.41, 5.74) is 1.11. The van der Waals surface area contributed by atoms with Crippen molar-refractivity contribution in [2.75, 3.05) is 33.4 Å². The lowest BCUT2D eigenvalue weighted by molar-refractivity contribution is -0.126. The molecular weight excluding hydrogens is 328 g/mol. The van der Waals surface area contributed by atoms with E-state index in [-0.39, 0.29) is 11.8 Å². The average Bonchev–Trinajstić information content (AvgIpc) is 2.62. The van der Waals surface area contributed by atoms with Gasteiger partial charge in [-0.3, -0.25) is 4.79 Å². The molecule has 1 aromatic rings. The highest BCUT2D eigenvalue weighted by molar-refractivity contribution is 7.89. The summed E-state index contributed by atoms with van der Waals surface area (Å²) in [6.07, 6.45) is 1.97. The minimum absolute atomic E-state index is 0.0172. The molecule has 1 aliphatic heterocycles. The molecule has 0 aliphatic carbocycles. The number of carbonyl (C=O) groups excluding carboxylic acids is 1. The van der Waals surface area contributed by atoms with Gasteiger partial charge in [-0.05, 0) is 37.0 Å². The SMILES string of the molecule is CCc1ccc(S(=O)(=O)N2CCC(C(=O)NCCOC)CC2)cc1. The van der Waals surface area contributed by atoms with Crippen LogP contribution in [0.3, 0.4) is 0 Å². The molecule has 1 fully saturated rings. The van der Waals surface area contributed by atoms with E-state index in [9.17, 15) is 13.2 Å². The van der Waals surface area contributed by atoms with Gasteiger partial charge < -0.3 is 10.1 Å². The molecular formula is C17H26N2O4S. The van der Waals surface area contributed by atoms with Gasteiger partial charge in [0.15, 0.2) is 0 Å². The molecule has 0 aromatic heterocycles. The van der Waals surface area contributed by atoms with Crippen LogP contribution in [0.15, 0.2) is 29.2 Å². The highest BCUT2D eigenvalue weighted by atomic mass is 32.2. The van der Waals surface area contributed by atoms with Gasteiger partial charge >= 0.3 is 0 Å². The van der Waals surface area contributed by atoms with E-state index in [2.05, 4.69) is 5.32 Å². The molecule has 2 rings (SSSR count). The van der Waals surface area contributed by atoms with Gasteiger partial charge in [-0.1, -0.05) is 19.1 Å². The van der Waals surface area contributed by atoms with Crippen molar-refractivity contribution in [1.29, 1.82) is 0 Å². The maximum absolute atomic E-state index is 12.7. The monoisotopic (exact) mass is 354 g/mol. The molecule has 6 nitrogen and oxygen atoms in total. The Morgan fingerprint density at radius 3 is 2.42 bits per heavy atom. The van der Waals surface area contributed by atoms with E-state index in [0.29, 0.717) is 44.0 Å². The lowest BCUT2D eigenvalue weighted by Gasteiger charge is -2.30. The Balaban J connectivity index is 1.94. The first-order valence-electron chi connectivity index (χ1n) is 8.34. The van der Waals surface area contributed by atoms with Crippen LogP contribution in [0.2, 0.25) is 0 Å². The van der Waals surface area contributed by atoms with E-state index in [1.165, 1.54) is 4.31 Å². The van der Waals surface area contributed by atoms with Crippen LogP contribution in [0.5, 0.6) is 0 Å². The first-order valence-corrected chi connectivity index (χ1v) is 9.78. The second-order valence-electron chi connectivity index (χ2n) is 5.96. The molecule has 0 bridgehead atoms. The van der Waals surface area contributed by atoms with Crippen molar-refractivity contribution in [3.05, 3.63) is 29.8 Å². The van der Waals surface area contributed by atoms with Crippen LogP contribution < -0.4 is 5.32 Å². The number of benzene rings is 1. The minimum Gasteiger partial charge on any atom is -0.383 e. The summed E-state index contributed by atoms with van der Waals surface area (Å²) in [7, 11) is -1.89. The van der Waals surface area contributed by atoms with E-state index in [4.69, 9.17) is 4.74 Å². The van der Waals surface area contributed by atoms with Crippen molar-refractivity contribution in [3.8, 4) is 0 Å². The second kappa shape index (κ2) is 8.60. The summed E-state index contributed by atoms with van der Waals surface area (Å²) in [6.45, 7) is 3.75. The normalized spacial score (nSPS) is 16.9. The molecule has 0 spiro atoms. The highest BCUT2D eigenvalue weighted by Gasteiger charge is 2.31. The first kappa shape index (κ1) is 18.9. The maximum Gasteiger partial charge on any atom is 0.243 e. The average molecular weight is 354 g/mol. The van der Waals surface area contributed by atoms with Crippen LogP contribution >= 0.6 is 0 Å². The molecule has 1 N–H and O–H groups in total. The van der Waals surface area contributed by atoms with Gasteiger partial charge in [-0.25, -0.2) is 8.42 Å². The van der Waals surface area contributed by atoms with Crippen molar-refractivity contribution in [3.63, 3.8) is 0 Å². The van der Waals surface area contributed by atoms with E-state index in [1.807, 2.05) is 19.1 Å². The standard InChI is InChI=1S/C17H26N2O4S/c1-3-14-4-6-16(7-5-14)24(21,22)19-11-8-15(9-12-19)17(20)18-10-13-23-2/h4-7,15H,3,8-13H2,1-2H3,(H,18,20). The lowest BCUT2D eigenvalue weighted by atomic mass is 9.97. The predicted molar refractivity (Wildman–Crippen MR) is 92.2 cm³/mol.